The molecule has 37 nitrogen and oxygen atoms in total. The fourth-order valence-electron chi connectivity index (χ4n) is 6.76. The topological polar surface area (TPSA) is 581 Å². The molecular formula is C28H44N2O35S4. The van der Waals surface area contributed by atoms with Crippen LogP contribution in [0.25, 0.3) is 0 Å². The molecule has 3 rings (SSSR count). The molecule has 69 heavy (non-hydrogen) atoms. The van der Waals surface area contributed by atoms with Crippen LogP contribution in [0.2, 0.25) is 0 Å². The summed E-state index contributed by atoms with van der Waals surface area (Å²) in [7, 11) is -23.3. The summed E-state index contributed by atoms with van der Waals surface area (Å²) in [5.41, 5.74) is 0. The molecule has 19 atom stereocenters. The molecule has 0 unspecified atom stereocenters. The number of carbonyl (C=O) groups is 5. The van der Waals surface area contributed by atoms with Crippen molar-refractivity contribution in [3.63, 3.8) is 0 Å². The Morgan fingerprint density at radius 1 is 0.623 bits per heavy atom. The second-order valence-electron chi connectivity index (χ2n) is 14.3. The molecule has 0 aromatic carbocycles. The largest absolute Gasteiger partial charge is 0.479 e. The number of aldehydes is 1. The number of aliphatic carboxylic acids is 2. The SMILES string of the molecule is CC(=O)N[C@H]1[C@H](O[C@H]2[C@H](OS(=O)(=O)O)[C@@H](O)[C@H](O[C@@H]([C@@H](OS(=O)(=O)O)[C@H](O)CO)[C@H](C=O)NC(C)=O)O[C@@H]2C(=O)O)O[C@H](CO)[C@H](OS(=O)(=O)O)[C@@H]1O[C@@H]1O[C@H](C(=O)O)[C@@H](O)[C@H](OS(=O)(=O)O)[C@H]1O. The molecule has 3 heterocycles. The van der Waals surface area contributed by atoms with E-state index < -0.39 is 195 Å². The fraction of sp³-hybridized carbons (Fsp3) is 0.821. The molecule has 0 aromatic rings. The first-order valence-electron chi connectivity index (χ1n) is 18.5. The number of ether oxygens (including phenoxy) is 6. The van der Waals surface area contributed by atoms with Crippen molar-refractivity contribution in [2.75, 3.05) is 13.2 Å². The number of rotatable bonds is 24. The van der Waals surface area contributed by atoms with Crippen molar-refractivity contribution in [1.82, 2.24) is 10.6 Å². The predicted molar refractivity (Wildman–Crippen MR) is 201 cm³/mol. The molecule has 0 saturated carbocycles. The van der Waals surface area contributed by atoms with Crippen LogP contribution in [0.15, 0.2) is 0 Å². The van der Waals surface area contributed by atoms with Gasteiger partial charge in [0, 0.05) is 13.8 Å². The maximum atomic E-state index is 12.9. The van der Waals surface area contributed by atoms with E-state index in [2.05, 4.69) is 16.7 Å². The maximum Gasteiger partial charge on any atom is 0.397 e. The highest BCUT2D eigenvalue weighted by molar-refractivity contribution is 7.81. The third kappa shape index (κ3) is 16.8. The van der Waals surface area contributed by atoms with Gasteiger partial charge in [0.15, 0.2) is 31.1 Å². The third-order valence-electron chi connectivity index (χ3n) is 9.31. The molecule has 0 aromatic heterocycles. The summed E-state index contributed by atoms with van der Waals surface area (Å²) in [6.07, 6.45) is -47.1. The van der Waals surface area contributed by atoms with Crippen LogP contribution in [0.3, 0.4) is 0 Å². The highest BCUT2D eigenvalue weighted by Crippen LogP contribution is 2.37. The first kappa shape index (κ1) is 59.9. The van der Waals surface area contributed by atoms with Crippen molar-refractivity contribution < 1.29 is 162 Å². The van der Waals surface area contributed by atoms with E-state index in [1.54, 1.807) is 0 Å². The second-order valence-corrected chi connectivity index (χ2v) is 18.5. The van der Waals surface area contributed by atoms with Crippen molar-refractivity contribution in [2.45, 2.75) is 130 Å². The van der Waals surface area contributed by atoms with Crippen molar-refractivity contribution in [2.24, 2.45) is 0 Å². The zero-order valence-corrected chi connectivity index (χ0v) is 37.6. The summed E-state index contributed by atoms with van der Waals surface area (Å²) >= 11 is 0. The van der Waals surface area contributed by atoms with Crippen LogP contribution < -0.4 is 10.6 Å². The van der Waals surface area contributed by atoms with E-state index in [0.717, 1.165) is 6.92 Å². The van der Waals surface area contributed by atoms with Gasteiger partial charge < -0.3 is 84.7 Å². The number of hydrogen-bond acceptors (Lipinski definition) is 29. The minimum absolute atomic E-state index is 0.265. The van der Waals surface area contributed by atoms with Crippen LogP contribution in [0.5, 0.6) is 0 Å². The first-order valence-corrected chi connectivity index (χ1v) is 23.9. The molecular weight excluding hydrogens is 1050 g/mol. The Balaban J connectivity index is 2.27. The Bertz CT molecular complexity index is 2280. The molecule has 3 aliphatic rings. The van der Waals surface area contributed by atoms with Gasteiger partial charge >= 0.3 is 53.5 Å². The second kappa shape index (κ2) is 23.8. The van der Waals surface area contributed by atoms with Gasteiger partial charge in [-0.25, -0.2) is 26.3 Å². The average Bonchev–Trinajstić information content (AvgIpc) is 3.19. The van der Waals surface area contributed by atoms with Gasteiger partial charge in [0.05, 0.1) is 13.2 Å². The molecule has 41 heteroatoms. The number of amides is 2. The molecule has 2 amide bonds. The minimum atomic E-state index is -6.02. The van der Waals surface area contributed by atoms with E-state index in [9.17, 15) is 117 Å². The fourth-order valence-corrected chi connectivity index (χ4v) is 8.80. The zero-order chi connectivity index (χ0) is 52.9. The van der Waals surface area contributed by atoms with Crippen molar-refractivity contribution in [3.05, 3.63) is 0 Å². The van der Waals surface area contributed by atoms with Crippen LogP contribution >= 0.6 is 0 Å². The lowest BCUT2D eigenvalue weighted by molar-refractivity contribution is -0.360. The van der Waals surface area contributed by atoms with Crippen molar-refractivity contribution in [1.29, 1.82) is 0 Å². The lowest BCUT2D eigenvalue weighted by Crippen LogP contribution is -2.71. The van der Waals surface area contributed by atoms with Crippen LogP contribution in [-0.4, -0.2) is 252 Å². The Labute approximate surface area is 386 Å². The Kier molecular flexibility index (Phi) is 20.7. The van der Waals surface area contributed by atoms with Gasteiger partial charge in [-0.05, 0) is 0 Å². The molecule has 3 aliphatic heterocycles. The predicted octanol–water partition coefficient (Wildman–Crippen LogP) is -10.1. The smallest absolute Gasteiger partial charge is 0.397 e. The number of aliphatic hydroxyl groups excluding tert-OH is 6. The molecule has 0 bridgehead atoms. The van der Waals surface area contributed by atoms with E-state index in [4.69, 9.17) is 28.4 Å². The molecule has 3 fully saturated rings. The monoisotopic (exact) mass is 1100 g/mol. The molecule has 0 spiro atoms. The number of carboxylic acid groups (broad SMARTS) is 2. The number of carboxylic acids is 2. The summed E-state index contributed by atoms with van der Waals surface area (Å²) in [5, 5.41) is 86.9. The average molecular weight is 1100 g/mol. The number of aliphatic hydroxyl groups is 6. The number of nitrogens with one attached hydrogen (secondary N) is 2. The van der Waals surface area contributed by atoms with Gasteiger partial charge in [0.1, 0.15) is 91.6 Å². The Hall–Kier alpha value is -3.45. The summed E-state index contributed by atoms with van der Waals surface area (Å²) in [6.45, 7) is -1.65. The zero-order valence-electron chi connectivity index (χ0n) is 34.4. The molecule has 3 saturated heterocycles. The van der Waals surface area contributed by atoms with Gasteiger partial charge in [-0.1, -0.05) is 0 Å². The summed E-state index contributed by atoms with van der Waals surface area (Å²) in [6, 6.07) is -4.79. The summed E-state index contributed by atoms with van der Waals surface area (Å²) in [4.78, 5) is 61.6. The van der Waals surface area contributed by atoms with Crippen LogP contribution in [-0.2, 0) is 111 Å². The lowest BCUT2D eigenvalue weighted by Gasteiger charge is -2.50. The van der Waals surface area contributed by atoms with E-state index in [1.807, 2.05) is 10.6 Å². The van der Waals surface area contributed by atoms with Crippen LogP contribution in [0, 0.1) is 0 Å². The number of hydrogen-bond donors (Lipinski definition) is 14. The normalized spacial score (nSPS) is 34.3. The lowest BCUT2D eigenvalue weighted by atomic mass is 9.94. The van der Waals surface area contributed by atoms with Gasteiger partial charge in [0.25, 0.3) is 0 Å². The molecule has 400 valence electrons. The van der Waals surface area contributed by atoms with Crippen LogP contribution in [0.1, 0.15) is 13.8 Å². The Morgan fingerprint density at radius 2 is 1.12 bits per heavy atom. The van der Waals surface area contributed by atoms with Crippen molar-refractivity contribution in [3.8, 4) is 0 Å². The van der Waals surface area contributed by atoms with Gasteiger partial charge in [-0.2, -0.15) is 33.7 Å². The highest BCUT2D eigenvalue weighted by Gasteiger charge is 2.59. The molecule has 0 radical (unpaired) electrons. The quantitative estimate of drug-likeness (QED) is 0.0315. The van der Waals surface area contributed by atoms with E-state index in [0.29, 0.717) is 6.92 Å². The number of carbonyl (C=O) groups excluding carboxylic acids is 3. The van der Waals surface area contributed by atoms with Crippen molar-refractivity contribution >= 4 is 71.6 Å². The maximum absolute atomic E-state index is 12.9. The van der Waals surface area contributed by atoms with Crippen LogP contribution in [0.4, 0.5) is 0 Å². The first-order chi connectivity index (χ1) is 31.5. The Morgan fingerprint density at radius 3 is 1.57 bits per heavy atom. The molecule has 14 N–H and O–H groups in total. The van der Waals surface area contributed by atoms with Gasteiger partial charge in [-0.3, -0.25) is 27.8 Å². The van der Waals surface area contributed by atoms with E-state index in [1.165, 1.54) is 0 Å². The standard InChI is InChI=1S/C28H44N2O35S4/c1-6(34)29-8(3-31)15(16(9(36)4-32)62-66(44,45)46)57-28-14(39)20(65-69(53,54)55)22(23(61-28)25(42)43)60-26-11(30-7(2)35)18(17(10(5-33)56-26)63-67(47,48)49)58-27-13(38)19(64-68(50,51)52)12(37)21(59-27)24(40)41/h3,8-23,26-28,32-33,36-39H,4-5H2,1-2H3,(H,29,34)(H,30,35)(H,40,41)(H,42,43)(H,44,45,46)(H,47,48,49)(H,50,51,52)(H,53,54,55)/t8-,9+,10+,11+,12-,13+,14+,15+,16-,17-,18+,19-,20+,21-,22-,23-,26-,27+,28+/m0/s1. The van der Waals surface area contributed by atoms with Gasteiger partial charge in [-0.15, -0.1) is 0 Å². The summed E-state index contributed by atoms with van der Waals surface area (Å²) < 4.78 is 183. The summed E-state index contributed by atoms with van der Waals surface area (Å²) in [5.74, 6) is -6.95. The van der Waals surface area contributed by atoms with Gasteiger partial charge in [0.2, 0.25) is 11.8 Å². The highest BCUT2D eigenvalue weighted by atomic mass is 32.3. The van der Waals surface area contributed by atoms with E-state index >= 15 is 0 Å². The molecule has 0 aliphatic carbocycles. The third-order valence-corrected chi connectivity index (χ3v) is 11.2. The minimum Gasteiger partial charge on any atom is -0.479 e. The van der Waals surface area contributed by atoms with E-state index in [-0.39, 0.29) is 6.29 Å².